The Kier molecular flexibility index (Phi) is 4.29. The monoisotopic (exact) mass is 323 g/mol. The van der Waals surface area contributed by atoms with Crippen LogP contribution in [0, 0.1) is 6.92 Å². The number of benzene rings is 1. The average molecular weight is 324 g/mol. The van der Waals surface area contributed by atoms with Crippen LogP contribution >= 0.6 is 23.2 Å². The first-order chi connectivity index (χ1) is 10.1. The van der Waals surface area contributed by atoms with Crippen LogP contribution in [0.2, 0.25) is 10.0 Å². The molecule has 0 spiro atoms. The van der Waals surface area contributed by atoms with E-state index in [0.717, 1.165) is 17.8 Å². The molecule has 110 valence electrons. The van der Waals surface area contributed by atoms with E-state index >= 15 is 0 Å². The fourth-order valence-electron chi connectivity index (χ4n) is 1.89. The molecule has 1 heterocycles. The second kappa shape index (κ2) is 6.18. The highest BCUT2D eigenvalue weighted by molar-refractivity contribution is 6.35. The third-order valence-corrected chi connectivity index (χ3v) is 3.84. The molecule has 1 aliphatic rings. The lowest BCUT2D eigenvalue weighted by Gasteiger charge is -2.09. The summed E-state index contributed by atoms with van der Waals surface area (Å²) in [5, 5.41) is 4.44. The molecule has 0 amide bonds. The number of ether oxygens (including phenoxy) is 1. The van der Waals surface area contributed by atoms with E-state index in [0.29, 0.717) is 21.8 Å². The van der Waals surface area contributed by atoms with E-state index in [1.807, 2.05) is 6.92 Å². The van der Waals surface area contributed by atoms with Crippen molar-refractivity contribution in [2.45, 2.75) is 32.4 Å². The van der Waals surface area contributed by atoms with Crippen LogP contribution in [-0.4, -0.2) is 16.0 Å². The largest absolute Gasteiger partial charge is 0.423 e. The number of aryl methyl sites for hydroxylation is 1. The zero-order chi connectivity index (χ0) is 14.8. The molecule has 1 aliphatic carbocycles. The molecule has 1 aromatic carbocycles. The maximum atomic E-state index is 6.07. The molecular weight excluding hydrogens is 309 g/mol. The highest BCUT2D eigenvalue weighted by atomic mass is 35.5. The van der Waals surface area contributed by atoms with Crippen LogP contribution in [0.3, 0.4) is 0 Å². The molecule has 3 rings (SSSR count). The van der Waals surface area contributed by atoms with Gasteiger partial charge < -0.3 is 10.1 Å². The SMILES string of the molecule is Cc1nc(Oc2ccc(Cl)cc2Cl)ncc1CNC1CC1. The van der Waals surface area contributed by atoms with Crippen LogP contribution in [-0.2, 0) is 6.54 Å². The lowest BCUT2D eigenvalue weighted by atomic mass is 10.2. The predicted octanol–water partition coefficient (Wildman–Crippen LogP) is 4.14. The van der Waals surface area contributed by atoms with Crippen molar-refractivity contribution in [3.8, 4) is 11.8 Å². The summed E-state index contributed by atoms with van der Waals surface area (Å²) < 4.78 is 5.60. The minimum Gasteiger partial charge on any atom is -0.423 e. The van der Waals surface area contributed by atoms with Gasteiger partial charge in [0, 0.05) is 35.1 Å². The van der Waals surface area contributed by atoms with Gasteiger partial charge in [0.15, 0.2) is 0 Å². The summed E-state index contributed by atoms with van der Waals surface area (Å²) in [6.07, 6.45) is 4.31. The molecular formula is C15H15Cl2N3O. The highest BCUT2D eigenvalue weighted by Gasteiger charge is 2.20. The second-order valence-electron chi connectivity index (χ2n) is 5.10. The van der Waals surface area contributed by atoms with E-state index < -0.39 is 0 Å². The molecule has 0 unspecified atom stereocenters. The fraction of sp³-hybridized carbons (Fsp3) is 0.333. The van der Waals surface area contributed by atoms with Gasteiger partial charge in [-0.05, 0) is 38.0 Å². The summed E-state index contributed by atoms with van der Waals surface area (Å²) in [6, 6.07) is 5.98. The van der Waals surface area contributed by atoms with Crippen molar-refractivity contribution in [2.75, 3.05) is 0 Å². The molecule has 0 radical (unpaired) electrons. The van der Waals surface area contributed by atoms with Gasteiger partial charge in [0.2, 0.25) is 0 Å². The Morgan fingerprint density at radius 1 is 1.33 bits per heavy atom. The summed E-state index contributed by atoms with van der Waals surface area (Å²) in [4.78, 5) is 8.60. The van der Waals surface area contributed by atoms with E-state index in [1.165, 1.54) is 12.8 Å². The highest BCUT2D eigenvalue weighted by Crippen LogP contribution is 2.30. The van der Waals surface area contributed by atoms with Crippen molar-refractivity contribution in [2.24, 2.45) is 0 Å². The summed E-state index contributed by atoms with van der Waals surface area (Å²) in [5.41, 5.74) is 1.98. The minimum atomic E-state index is 0.284. The zero-order valence-corrected chi connectivity index (χ0v) is 13.1. The number of aromatic nitrogens is 2. The quantitative estimate of drug-likeness (QED) is 0.898. The van der Waals surface area contributed by atoms with E-state index in [-0.39, 0.29) is 6.01 Å². The van der Waals surface area contributed by atoms with E-state index in [9.17, 15) is 0 Å². The van der Waals surface area contributed by atoms with Crippen molar-refractivity contribution in [3.05, 3.63) is 45.7 Å². The Labute approximate surface area is 133 Å². The molecule has 0 bridgehead atoms. The molecule has 0 atom stereocenters. The molecule has 0 aliphatic heterocycles. The molecule has 21 heavy (non-hydrogen) atoms. The molecule has 1 aromatic heterocycles. The standard InChI is InChI=1S/C15H15Cl2N3O/c1-9-10(7-18-12-3-4-12)8-19-15(20-9)21-14-5-2-11(16)6-13(14)17/h2,5-6,8,12,18H,3-4,7H2,1H3. The van der Waals surface area contributed by atoms with Gasteiger partial charge >= 0.3 is 6.01 Å². The van der Waals surface area contributed by atoms with Crippen molar-refractivity contribution < 1.29 is 4.74 Å². The first kappa shape index (κ1) is 14.6. The van der Waals surface area contributed by atoms with Gasteiger partial charge in [0.1, 0.15) is 5.75 Å². The van der Waals surface area contributed by atoms with Crippen molar-refractivity contribution >= 4 is 23.2 Å². The number of halogens is 2. The Bertz CT molecular complexity index is 659. The van der Waals surface area contributed by atoms with Crippen LogP contribution < -0.4 is 10.1 Å². The number of nitrogens with one attached hydrogen (secondary N) is 1. The Hall–Kier alpha value is -1.36. The molecule has 6 heteroatoms. The van der Waals surface area contributed by atoms with E-state index in [4.69, 9.17) is 27.9 Å². The first-order valence-corrected chi connectivity index (χ1v) is 7.56. The summed E-state index contributed by atoms with van der Waals surface area (Å²) in [7, 11) is 0. The fourth-order valence-corrected chi connectivity index (χ4v) is 2.34. The zero-order valence-electron chi connectivity index (χ0n) is 11.6. The maximum Gasteiger partial charge on any atom is 0.322 e. The van der Waals surface area contributed by atoms with Crippen LogP contribution in [0.15, 0.2) is 24.4 Å². The van der Waals surface area contributed by atoms with E-state index in [1.54, 1.807) is 24.4 Å². The summed E-state index contributed by atoms with van der Waals surface area (Å²) >= 11 is 11.9. The van der Waals surface area contributed by atoms with Gasteiger partial charge in [0.25, 0.3) is 0 Å². The van der Waals surface area contributed by atoms with Crippen molar-refractivity contribution in [3.63, 3.8) is 0 Å². The van der Waals surface area contributed by atoms with E-state index in [2.05, 4.69) is 15.3 Å². The first-order valence-electron chi connectivity index (χ1n) is 6.80. The number of hydrogen-bond acceptors (Lipinski definition) is 4. The van der Waals surface area contributed by atoms with Crippen LogP contribution in [0.4, 0.5) is 0 Å². The van der Waals surface area contributed by atoms with Gasteiger partial charge in [-0.25, -0.2) is 4.98 Å². The summed E-state index contributed by atoms with van der Waals surface area (Å²) in [6.45, 7) is 2.74. The molecule has 1 fully saturated rings. The Morgan fingerprint density at radius 2 is 2.14 bits per heavy atom. The second-order valence-corrected chi connectivity index (χ2v) is 5.94. The van der Waals surface area contributed by atoms with Crippen molar-refractivity contribution in [1.29, 1.82) is 0 Å². The maximum absolute atomic E-state index is 6.07. The van der Waals surface area contributed by atoms with Gasteiger partial charge in [-0.1, -0.05) is 23.2 Å². The Morgan fingerprint density at radius 3 is 2.81 bits per heavy atom. The van der Waals surface area contributed by atoms with Gasteiger partial charge in [-0.15, -0.1) is 0 Å². The normalized spacial score (nSPS) is 14.2. The third kappa shape index (κ3) is 3.84. The lowest BCUT2D eigenvalue weighted by Crippen LogP contribution is -2.16. The van der Waals surface area contributed by atoms with Crippen LogP contribution in [0.1, 0.15) is 24.1 Å². The van der Waals surface area contributed by atoms with Gasteiger partial charge in [0.05, 0.1) is 5.02 Å². The molecule has 1 saturated carbocycles. The molecule has 1 N–H and O–H groups in total. The minimum absolute atomic E-state index is 0.284. The number of nitrogens with zero attached hydrogens (tertiary/aromatic N) is 2. The van der Waals surface area contributed by atoms with Gasteiger partial charge in [-0.2, -0.15) is 4.98 Å². The van der Waals surface area contributed by atoms with Crippen molar-refractivity contribution in [1.82, 2.24) is 15.3 Å². The molecule has 2 aromatic rings. The number of rotatable bonds is 5. The number of hydrogen-bond donors (Lipinski definition) is 1. The predicted molar refractivity (Wildman–Crippen MR) is 83.2 cm³/mol. The van der Waals surface area contributed by atoms with Crippen LogP contribution in [0.5, 0.6) is 11.8 Å². The Balaban J connectivity index is 1.71. The third-order valence-electron chi connectivity index (χ3n) is 3.31. The molecule has 4 nitrogen and oxygen atoms in total. The van der Waals surface area contributed by atoms with Crippen LogP contribution in [0.25, 0.3) is 0 Å². The average Bonchev–Trinajstić information content (AvgIpc) is 3.25. The smallest absolute Gasteiger partial charge is 0.322 e. The van der Waals surface area contributed by atoms with Gasteiger partial charge in [-0.3, -0.25) is 0 Å². The molecule has 0 saturated heterocycles. The summed E-state index contributed by atoms with van der Waals surface area (Å²) in [5.74, 6) is 0.490. The lowest BCUT2D eigenvalue weighted by molar-refractivity contribution is 0.439. The topological polar surface area (TPSA) is 47.0 Å².